The van der Waals surface area contributed by atoms with Gasteiger partial charge in [0.15, 0.2) is 0 Å². The molecule has 1 amide bonds. The van der Waals surface area contributed by atoms with Crippen LogP contribution in [0.25, 0.3) is 0 Å². The van der Waals surface area contributed by atoms with Crippen molar-refractivity contribution in [1.29, 1.82) is 0 Å². The molecule has 0 aliphatic heterocycles. The van der Waals surface area contributed by atoms with Crippen LogP contribution in [0.1, 0.15) is 17.3 Å². The number of ether oxygens (including phenoxy) is 1. The number of nitrogens with one attached hydrogen (secondary N) is 1. The first kappa shape index (κ1) is 21.7. The fourth-order valence-corrected chi connectivity index (χ4v) is 4.06. The van der Waals surface area contributed by atoms with Crippen LogP contribution in [0, 0.1) is 0 Å². The Morgan fingerprint density at radius 1 is 1.03 bits per heavy atom. The number of nitrogens with zero attached hydrogens (tertiary/aromatic N) is 1. The van der Waals surface area contributed by atoms with Crippen molar-refractivity contribution < 1.29 is 17.9 Å². The van der Waals surface area contributed by atoms with Crippen LogP contribution in [0.3, 0.4) is 0 Å². The van der Waals surface area contributed by atoms with Gasteiger partial charge in [0.1, 0.15) is 5.75 Å². The summed E-state index contributed by atoms with van der Waals surface area (Å²) in [7, 11) is -2.35. The Balaban J connectivity index is 1.79. The Morgan fingerprint density at radius 2 is 1.70 bits per heavy atom. The zero-order chi connectivity index (χ0) is 21.7. The van der Waals surface area contributed by atoms with Gasteiger partial charge in [0, 0.05) is 23.3 Å². The number of hydrogen-bond donors (Lipinski definition) is 1. The predicted molar refractivity (Wildman–Crippen MR) is 119 cm³/mol. The molecule has 0 aliphatic carbocycles. The first-order valence-corrected chi connectivity index (χ1v) is 11.0. The molecule has 0 aliphatic rings. The molecule has 6 nitrogen and oxygen atoms in total. The minimum Gasteiger partial charge on any atom is -0.494 e. The summed E-state index contributed by atoms with van der Waals surface area (Å²) in [5.74, 6) is 0.366. The van der Waals surface area contributed by atoms with E-state index >= 15 is 0 Å². The quantitative estimate of drug-likeness (QED) is 0.567. The molecule has 0 spiro atoms. The van der Waals surface area contributed by atoms with E-state index in [4.69, 9.17) is 16.3 Å². The van der Waals surface area contributed by atoms with Crippen LogP contribution in [-0.2, 0) is 10.0 Å². The topological polar surface area (TPSA) is 75.7 Å². The molecular formula is C22H21ClN2O4S. The molecule has 0 saturated heterocycles. The van der Waals surface area contributed by atoms with Gasteiger partial charge in [-0.05, 0) is 73.7 Å². The second kappa shape index (κ2) is 9.19. The third kappa shape index (κ3) is 4.93. The predicted octanol–water partition coefficient (Wildman–Crippen LogP) is 4.82. The molecule has 156 valence electrons. The van der Waals surface area contributed by atoms with E-state index < -0.39 is 10.0 Å². The maximum Gasteiger partial charge on any atom is 0.264 e. The molecule has 0 heterocycles. The molecule has 3 aromatic carbocycles. The van der Waals surface area contributed by atoms with E-state index in [1.165, 1.54) is 37.4 Å². The van der Waals surface area contributed by atoms with Crippen molar-refractivity contribution in [3.8, 4) is 5.75 Å². The maximum absolute atomic E-state index is 12.9. The molecule has 1 N–H and O–H groups in total. The van der Waals surface area contributed by atoms with Crippen LogP contribution in [0.15, 0.2) is 77.7 Å². The summed E-state index contributed by atoms with van der Waals surface area (Å²) < 4.78 is 32.3. The van der Waals surface area contributed by atoms with Crippen molar-refractivity contribution in [3.05, 3.63) is 83.4 Å². The number of hydrogen-bond acceptors (Lipinski definition) is 4. The SMILES string of the molecule is CCOc1ccc(NC(=O)c2cccc(N(C)S(=O)(=O)c3ccc(Cl)cc3)c2)cc1. The molecule has 3 aromatic rings. The van der Waals surface area contributed by atoms with Gasteiger partial charge in [-0.15, -0.1) is 0 Å². The Kier molecular flexibility index (Phi) is 6.64. The molecule has 0 saturated carbocycles. The van der Waals surface area contributed by atoms with Crippen LogP contribution in [0.4, 0.5) is 11.4 Å². The van der Waals surface area contributed by atoms with Crippen LogP contribution >= 0.6 is 11.6 Å². The third-order valence-corrected chi connectivity index (χ3v) is 6.42. The molecule has 0 bridgehead atoms. The number of amides is 1. The summed E-state index contributed by atoms with van der Waals surface area (Å²) >= 11 is 5.84. The van der Waals surface area contributed by atoms with Gasteiger partial charge in [-0.25, -0.2) is 8.42 Å². The van der Waals surface area contributed by atoms with E-state index in [1.54, 1.807) is 42.5 Å². The van der Waals surface area contributed by atoms with Crippen LogP contribution < -0.4 is 14.4 Å². The van der Waals surface area contributed by atoms with Gasteiger partial charge in [0.2, 0.25) is 0 Å². The molecular weight excluding hydrogens is 424 g/mol. The number of sulfonamides is 1. The highest BCUT2D eigenvalue weighted by atomic mass is 35.5. The molecule has 0 radical (unpaired) electrons. The van der Waals surface area contributed by atoms with Gasteiger partial charge >= 0.3 is 0 Å². The molecule has 0 unspecified atom stereocenters. The fourth-order valence-electron chi connectivity index (χ4n) is 2.75. The molecule has 30 heavy (non-hydrogen) atoms. The van der Waals surface area contributed by atoms with E-state index in [9.17, 15) is 13.2 Å². The average Bonchev–Trinajstić information content (AvgIpc) is 2.75. The van der Waals surface area contributed by atoms with E-state index in [1.807, 2.05) is 6.92 Å². The molecule has 3 rings (SSSR count). The van der Waals surface area contributed by atoms with Gasteiger partial charge in [-0.1, -0.05) is 17.7 Å². The molecule has 0 aromatic heterocycles. The highest BCUT2D eigenvalue weighted by Crippen LogP contribution is 2.24. The summed E-state index contributed by atoms with van der Waals surface area (Å²) in [5.41, 5.74) is 1.31. The normalized spacial score (nSPS) is 11.0. The van der Waals surface area contributed by atoms with Gasteiger partial charge in [0.25, 0.3) is 15.9 Å². The molecule has 8 heteroatoms. The summed E-state index contributed by atoms with van der Waals surface area (Å²) in [6.45, 7) is 2.46. The average molecular weight is 445 g/mol. The van der Waals surface area contributed by atoms with Gasteiger partial charge in [-0.2, -0.15) is 0 Å². The van der Waals surface area contributed by atoms with E-state index in [2.05, 4.69) is 5.32 Å². The summed E-state index contributed by atoms with van der Waals surface area (Å²) in [6, 6.07) is 19.3. The first-order chi connectivity index (χ1) is 14.3. The number of halogens is 1. The summed E-state index contributed by atoms with van der Waals surface area (Å²) in [6.07, 6.45) is 0. The largest absolute Gasteiger partial charge is 0.494 e. The molecule has 0 fully saturated rings. The number of carbonyl (C=O) groups excluding carboxylic acids is 1. The van der Waals surface area contributed by atoms with Crippen molar-refractivity contribution in [2.24, 2.45) is 0 Å². The minimum absolute atomic E-state index is 0.110. The zero-order valence-electron chi connectivity index (χ0n) is 16.5. The van der Waals surface area contributed by atoms with E-state index in [-0.39, 0.29) is 10.8 Å². The lowest BCUT2D eigenvalue weighted by Crippen LogP contribution is -2.26. The third-order valence-electron chi connectivity index (χ3n) is 4.37. The maximum atomic E-state index is 12.9. The second-order valence-electron chi connectivity index (χ2n) is 6.39. The summed E-state index contributed by atoms with van der Waals surface area (Å²) in [5, 5.41) is 3.24. The Labute approximate surface area is 181 Å². The highest BCUT2D eigenvalue weighted by Gasteiger charge is 2.22. The van der Waals surface area contributed by atoms with Gasteiger partial charge in [-0.3, -0.25) is 9.10 Å². The van der Waals surface area contributed by atoms with E-state index in [0.717, 1.165) is 4.31 Å². The lowest BCUT2D eigenvalue weighted by Gasteiger charge is -2.20. The second-order valence-corrected chi connectivity index (χ2v) is 8.79. The van der Waals surface area contributed by atoms with Crippen molar-refractivity contribution >= 4 is 38.9 Å². The van der Waals surface area contributed by atoms with Crippen molar-refractivity contribution in [2.45, 2.75) is 11.8 Å². The van der Waals surface area contributed by atoms with Crippen LogP contribution in [0.5, 0.6) is 5.75 Å². The summed E-state index contributed by atoms with van der Waals surface area (Å²) in [4.78, 5) is 12.7. The lowest BCUT2D eigenvalue weighted by molar-refractivity contribution is 0.102. The lowest BCUT2D eigenvalue weighted by atomic mass is 10.2. The monoisotopic (exact) mass is 444 g/mol. The Bertz CT molecular complexity index is 1130. The van der Waals surface area contributed by atoms with Crippen LogP contribution in [-0.4, -0.2) is 28.0 Å². The first-order valence-electron chi connectivity index (χ1n) is 9.20. The highest BCUT2D eigenvalue weighted by molar-refractivity contribution is 7.92. The number of benzene rings is 3. The van der Waals surface area contributed by atoms with Gasteiger partial charge < -0.3 is 10.1 Å². The fraction of sp³-hybridized carbons (Fsp3) is 0.136. The number of anilines is 2. The van der Waals surface area contributed by atoms with Crippen molar-refractivity contribution in [3.63, 3.8) is 0 Å². The van der Waals surface area contributed by atoms with Crippen molar-refractivity contribution in [1.82, 2.24) is 0 Å². The Morgan fingerprint density at radius 3 is 2.33 bits per heavy atom. The van der Waals surface area contributed by atoms with Crippen molar-refractivity contribution in [2.75, 3.05) is 23.3 Å². The van der Waals surface area contributed by atoms with Crippen LogP contribution in [0.2, 0.25) is 5.02 Å². The number of carbonyl (C=O) groups is 1. The Hall–Kier alpha value is -3.03. The minimum atomic E-state index is -3.79. The number of rotatable bonds is 7. The standard InChI is InChI=1S/C22H21ClN2O4S/c1-3-29-20-11-9-18(10-12-20)24-22(26)16-5-4-6-19(15-16)25(2)30(27,28)21-13-7-17(23)8-14-21/h4-15H,3H2,1-2H3,(H,24,26). The zero-order valence-corrected chi connectivity index (χ0v) is 18.1. The van der Waals surface area contributed by atoms with Gasteiger partial charge in [0.05, 0.1) is 17.2 Å². The molecule has 0 atom stereocenters. The van der Waals surface area contributed by atoms with E-state index in [0.29, 0.717) is 34.3 Å². The smallest absolute Gasteiger partial charge is 0.264 e.